The molecule has 2 heterocycles. The van der Waals surface area contributed by atoms with Crippen molar-refractivity contribution >= 4 is 11.8 Å². The van der Waals surface area contributed by atoms with Crippen LogP contribution in [0.5, 0.6) is 0 Å². The van der Waals surface area contributed by atoms with Crippen molar-refractivity contribution in [2.24, 2.45) is 0 Å². The van der Waals surface area contributed by atoms with Crippen molar-refractivity contribution < 1.29 is 14.6 Å². The lowest BCUT2D eigenvalue weighted by atomic mass is 9.89. The Morgan fingerprint density at radius 1 is 1.24 bits per heavy atom. The number of aliphatic hydroxyl groups is 1. The molecular weight excluding hydrogens is 318 g/mol. The number of methoxy groups -OCH3 is 1. The number of aryl methyl sites for hydroxylation is 1. The van der Waals surface area contributed by atoms with Gasteiger partial charge < -0.3 is 15.2 Å². The van der Waals surface area contributed by atoms with Gasteiger partial charge in [-0.25, -0.2) is 9.78 Å². The number of likely N-dealkylation sites (tertiary alicyclic amines) is 1. The van der Waals surface area contributed by atoms with Crippen molar-refractivity contribution in [3.8, 4) is 0 Å². The zero-order valence-electron chi connectivity index (χ0n) is 15.2. The first kappa shape index (κ1) is 18.1. The average Bonchev–Trinajstić information content (AvgIpc) is 2.62. The number of nitrogens with one attached hydrogen (secondary N) is 1. The van der Waals surface area contributed by atoms with Crippen LogP contribution in [0.1, 0.15) is 54.6 Å². The molecule has 1 saturated carbocycles. The Morgan fingerprint density at radius 2 is 1.96 bits per heavy atom. The molecule has 138 valence electrons. The van der Waals surface area contributed by atoms with Gasteiger partial charge in [-0.05, 0) is 44.7 Å². The Balaban J connectivity index is 1.53. The zero-order valence-corrected chi connectivity index (χ0v) is 15.2. The molecule has 2 N–H and O–H groups in total. The third-order valence-corrected chi connectivity index (χ3v) is 5.54. The number of carbonyl (C=O) groups excluding carboxylic acids is 1. The van der Waals surface area contributed by atoms with Crippen LogP contribution < -0.4 is 5.32 Å². The Bertz CT molecular complexity index is 600. The number of hydrogen-bond donors (Lipinski definition) is 2. The van der Waals surface area contributed by atoms with E-state index in [4.69, 9.17) is 4.74 Å². The third kappa shape index (κ3) is 4.30. The molecule has 6 heteroatoms. The van der Waals surface area contributed by atoms with Crippen LogP contribution in [-0.2, 0) is 4.74 Å². The van der Waals surface area contributed by atoms with E-state index in [2.05, 4.69) is 15.2 Å². The normalized spacial score (nSPS) is 25.6. The molecule has 1 aromatic rings. The fourth-order valence-electron chi connectivity index (χ4n) is 4.07. The first-order valence-corrected chi connectivity index (χ1v) is 9.33. The molecule has 2 atom stereocenters. The molecule has 1 aromatic heterocycles. The number of carbonyl (C=O) groups is 1. The van der Waals surface area contributed by atoms with Crippen LogP contribution in [-0.4, -0.2) is 59.3 Å². The summed E-state index contributed by atoms with van der Waals surface area (Å²) in [5.74, 6) is 0.456. The summed E-state index contributed by atoms with van der Waals surface area (Å²) in [6.07, 6.45) is 6.38. The molecule has 1 aliphatic carbocycles. The highest BCUT2D eigenvalue weighted by Crippen LogP contribution is 2.26. The molecule has 0 radical (unpaired) electrons. The predicted molar refractivity (Wildman–Crippen MR) is 96.8 cm³/mol. The maximum atomic E-state index is 11.6. The van der Waals surface area contributed by atoms with E-state index in [1.165, 1.54) is 13.5 Å². The Hall–Kier alpha value is -1.66. The van der Waals surface area contributed by atoms with Gasteiger partial charge in [0.15, 0.2) is 0 Å². The number of pyridine rings is 1. The van der Waals surface area contributed by atoms with Crippen LogP contribution in [0.25, 0.3) is 0 Å². The number of ether oxygens (including phenoxy) is 1. The first-order chi connectivity index (χ1) is 12.1. The van der Waals surface area contributed by atoms with Crippen molar-refractivity contribution in [3.05, 3.63) is 23.4 Å². The number of anilines is 1. The van der Waals surface area contributed by atoms with Crippen LogP contribution in [0.4, 0.5) is 5.82 Å². The van der Waals surface area contributed by atoms with Gasteiger partial charge in [-0.3, -0.25) is 4.90 Å². The van der Waals surface area contributed by atoms with Crippen molar-refractivity contribution in [1.29, 1.82) is 0 Å². The second kappa shape index (κ2) is 8.15. The van der Waals surface area contributed by atoms with E-state index in [1.807, 2.05) is 13.0 Å². The third-order valence-electron chi connectivity index (χ3n) is 5.54. The Morgan fingerprint density at radius 3 is 2.60 bits per heavy atom. The van der Waals surface area contributed by atoms with Gasteiger partial charge in [-0.1, -0.05) is 12.8 Å². The highest BCUT2D eigenvalue weighted by molar-refractivity contribution is 5.90. The molecule has 2 unspecified atom stereocenters. The van der Waals surface area contributed by atoms with Gasteiger partial charge in [0.1, 0.15) is 5.82 Å². The lowest BCUT2D eigenvalue weighted by molar-refractivity contribution is 0.00992. The van der Waals surface area contributed by atoms with Crippen LogP contribution >= 0.6 is 0 Å². The molecule has 3 rings (SSSR count). The van der Waals surface area contributed by atoms with Crippen LogP contribution in [0.2, 0.25) is 0 Å². The summed E-state index contributed by atoms with van der Waals surface area (Å²) >= 11 is 0. The van der Waals surface area contributed by atoms with Crippen LogP contribution in [0.3, 0.4) is 0 Å². The van der Waals surface area contributed by atoms with Gasteiger partial charge in [0.2, 0.25) is 0 Å². The predicted octanol–water partition coefficient (Wildman–Crippen LogP) is 2.36. The average molecular weight is 347 g/mol. The van der Waals surface area contributed by atoms with Gasteiger partial charge in [0.05, 0.1) is 24.5 Å². The summed E-state index contributed by atoms with van der Waals surface area (Å²) in [5.41, 5.74) is 1.19. The maximum absolute atomic E-state index is 11.6. The van der Waals surface area contributed by atoms with Gasteiger partial charge in [0, 0.05) is 25.2 Å². The number of nitrogens with zero attached hydrogens (tertiary/aromatic N) is 2. The summed E-state index contributed by atoms with van der Waals surface area (Å²) in [7, 11) is 1.38. The molecule has 0 aromatic carbocycles. The molecule has 2 aliphatic rings. The second-order valence-corrected chi connectivity index (χ2v) is 7.19. The fraction of sp³-hybridized carbons (Fsp3) is 0.684. The van der Waals surface area contributed by atoms with Crippen molar-refractivity contribution in [2.45, 2.75) is 63.6 Å². The SMILES string of the molecule is COC(=O)c1ccc(NC2CCN(C3CCCCC3O)CC2)nc1C. The van der Waals surface area contributed by atoms with Crippen molar-refractivity contribution in [2.75, 3.05) is 25.5 Å². The molecule has 25 heavy (non-hydrogen) atoms. The first-order valence-electron chi connectivity index (χ1n) is 9.33. The summed E-state index contributed by atoms with van der Waals surface area (Å²) in [6, 6.07) is 4.34. The van der Waals surface area contributed by atoms with E-state index in [-0.39, 0.29) is 12.1 Å². The number of aromatic nitrogens is 1. The summed E-state index contributed by atoms with van der Waals surface area (Å²) in [4.78, 5) is 18.6. The van der Waals surface area contributed by atoms with E-state index in [9.17, 15) is 9.90 Å². The van der Waals surface area contributed by atoms with E-state index >= 15 is 0 Å². The highest BCUT2D eigenvalue weighted by atomic mass is 16.5. The molecule has 6 nitrogen and oxygen atoms in total. The summed E-state index contributed by atoms with van der Waals surface area (Å²) < 4.78 is 4.76. The van der Waals surface area contributed by atoms with Gasteiger partial charge in [0.25, 0.3) is 0 Å². The van der Waals surface area contributed by atoms with E-state index in [0.717, 1.165) is 51.0 Å². The Kier molecular flexibility index (Phi) is 5.91. The summed E-state index contributed by atoms with van der Waals surface area (Å²) in [6.45, 7) is 3.85. The van der Waals surface area contributed by atoms with Crippen LogP contribution in [0.15, 0.2) is 12.1 Å². The maximum Gasteiger partial charge on any atom is 0.339 e. The van der Waals surface area contributed by atoms with Crippen LogP contribution in [0, 0.1) is 6.92 Å². The quantitative estimate of drug-likeness (QED) is 0.815. The minimum absolute atomic E-state index is 0.159. The number of esters is 1. The zero-order chi connectivity index (χ0) is 17.8. The molecule has 2 fully saturated rings. The number of hydrogen-bond acceptors (Lipinski definition) is 6. The van der Waals surface area contributed by atoms with Gasteiger partial charge in [-0.15, -0.1) is 0 Å². The molecule has 0 spiro atoms. The molecule has 1 saturated heterocycles. The number of aliphatic hydroxyl groups excluding tert-OH is 1. The monoisotopic (exact) mass is 347 g/mol. The second-order valence-electron chi connectivity index (χ2n) is 7.19. The molecular formula is C19H29N3O3. The van der Waals surface area contributed by atoms with E-state index in [1.54, 1.807) is 6.07 Å². The topological polar surface area (TPSA) is 74.7 Å². The lowest BCUT2D eigenvalue weighted by Crippen LogP contribution is -2.50. The highest BCUT2D eigenvalue weighted by Gasteiger charge is 2.31. The smallest absolute Gasteiger partial charge is 0.339 e. The standard InChI is InChI=1S/C19H29N3O3/c1-13-15(19(24)25-2)7-8-18(20-13)21-14-9-11-22(12-10-14)16-5-3-4-6-17(16)23/h7-8,14,16-17,23H,3-6,9-12H2,1-2H3,(H,20,21). The molecule has 1 aliphatic heterocycles. The summed E-state index contributed by atoms with van der Waals surface area (Å²) in [5, 5.41) is 13.7. The molecule has 0 bridgehead atoms. The largest absolute Gasteiger partial charge is 0.465 e. The molecule has 0 amide bonds. The Labute approximate surface area is 149 Å². The van der Waals surface area contributed by atoms with E-state index < -0.39 is 0 Å². The minimum Gasteiger partial charge on any atom is -0.465 e. The van der Waals surface area contributed by atoms with Crippen molar-refractivity contribution in [3.63, 3.8) is 0 Å². The van der Waals surface area contributed by atoms with Gasteiger partial charge in [-0.2, -0.15) is 0 Å². The lowest BCUT2D eigenvalue weighted by Gasteiger charge is -2.41. The number of piperidine rings is 1. The number of rotatable bonds is 4. The van der Waals surface area contributed by atoms with Crippen molar-refractivity contribution in [1.82, 2.24) is 9.88 Å². The van der Waals surface area contributed by atoms with Gasteiger partial charge >= 0.3 is 5.97 Å². The van der Waals surface area contributed by atoms with E-state index in [0.29, 0.717) is 23.3 Å². The minimum atomic E-state index is -0.351. The fourth-order valence-corrected chi connectivity index (χ4v) is 4.07.